The summed E-state index contributed by atoms with van der Waals surface area (Å²) in [6.45, 7) is 24.1. The van der Waals surface area contributed by atoms with Crippen molar-refractivity contribution in [3.8, 4) is 0 Å². The molecular formula is C24H40N+. The predicted molar refractivity (Wildman–Crippen MR) is 114 cm³/mol. The van der Waals surface area contributed by atoms with Gasteiger partial charge in [0.05, 0.1) is 0 Å². The number of benzene rings is 1. The van der Waals surface area contributed by atoms with Crippen LogP contribution in [0.1, 0.15) is 66.0 Å². The number of hydrogen-bond acceptors (Lipinski definition) is 0. The minimum Gasteiger partial charge on any atom is -0.201 e. The van der Waals surface area contributed by atoms with E-state index in [0.29, 0.717) is 11.3 Å². The maximum atomic E-state index is 3.83. The summed E-state index contributed by atoms with van der Waals surface area (Å²) in [5.41, 5.74) is 3.12. The molecule has 1 nitrogen and oxygen atoms in total. The van der Waals surface area contributed by atoms with Crippen molar-refractivity contribution in [2.24, 2.45) is 17.3 Å². The summed E-state index contributed by atoms with van der Waals surface area (Å²) in [4.78, 5) is 0. The highest BCUT2D eigenvalue weighted by Crippen LogP contribution is 2.31. The Morgan fingerprint density at radius 1 is 1.00 bits per heavy atom. The summed E-state index contributed by atoms with van der Waals surface area (Å²) < 4.78 is 2.04. The molecule has 1 heteroatoms. The molecule has 0 saturated heterocycles. The third-order valence-corrected chi connectivity index (χ3v) is 4.23. The zero-order chi connectivity index (χ0) is 19.5. The lowest BCUT2D eigenvalue weighted by Gasteiger charge is -2.29. The Bertz CT molecular complexity index is 526. The average Bonchev–Trinajstić information content (AvgIpc) is 2.56. The summed E-state index contributed by atoms with van der Waals surface area (Å²) >= 11 is 0. The standard InChI is InChI=1S/C22H34N.C2H6/c1-8-14-23(9-2)17-20-12-10-19(11-13-20)15-21(18(3)4)16-22(5,6)7;1-2/h8-14,18,21H,1-2,15-17H2,3-7H3;1-2H3/q+1;. The minimum absolute atomic E-state index is 0.389. The first-order valence-electron chi connectivity index (χ1n) is 9.67. The smallest absolute Gasteiger partial charge is 0.173 e. The summed E-state index contributed by atoms with van der Waals surface area (Å²) in [6.07, 6.45) is 7.99. The molecule has 1 rings (SSSR count). The van der Waals surface area contributed by atoms with Gasteiger partial charge in [-0.25, -0.2) is 4.58 Å². The topological polar surface area (TPSA) is 3.01 Å². The Morgan fingerprint density at radius 2 is 1.52 bits per heavy atom. The molecule has 0 aromatic heterocycles. The largest absolute Gasteiger partial charge is 0.201 e. The third kappa shape index (κ3) is 10.1. The number of nitrogens with zero attached hydrogens (tertiary/aromatic N) is 1. The van der Waals surface area contributed by atoms with E-state index >= 15 is 0 Å². The fraction of sp³-hybridized carbons (Fsp3) is 0.542. The van der Waals surface area contributed by atoms with Crippen molar-refractivity contribution in [2.45, 2.75) is 67.9 Å². The highest BCUT2D eigenvalue weighted by Gasteiger charge is 2.21. The molecule has 0 heterocycles. The first-order valence-corrected chi connectivity index (χ1v) is 9.67. The maximum Gasteiger partial charge on any atom is 0.173 e. The highest BCUT2D eigenvalue weighted by atomic mass is 15.0. The van der Waals surface area contributed by atoms with Gasteiger partial charge in [0.15, 0.2) is 19.0 Å². The summed E-state index contributed by atoms with van der Waals surface area (Å²) in [5.74, 6) is 1.45. The summed E-state index contributed by atoms with van der Waals surface area (Å²) in [5, 5.41) is 0. The zero-order valence-electron chi connectivity index (χ0n) is 17.7. The van der Waals surface area contributed by atoms with Crippen LogP contribution in [0, 0.1) is 17.3 Å². The van der Waals surface area contributed by atoms with Crippen LogP contribution < -0.4 is 0 Å². The summed E-state index contributed by atoms with van der Waals surface area (Å²) in [6, 6.07) is 9.03. The van der Waals surface area contributed by atoms with Gasteiger partial charge in [0.25, 0.3) is 0 Å². The lowest BCUT2D eigenvalue weighted by Crippen LogP contribution is -2.20. The first-order chi connectivity index (χ1) is 11.7. The van der Waals surface area contributed by atoms with Gasteiger partial charge in [-0.3, -0.25) is 0 Å². The van der Waals surface area contributed by atoms with E-state index in [-0.39, 0.29) is 0 Å². The van der Waals surface area contributed by atoms with Crippen LogP contribution in [0.15, 0.2) is 49.7 Å². The fourth-order valence-electron chi connectivity index (χ4n) is 2.94. The van der Waals surface area contributed by atoms with Gasteiger partial charge in [0.1, 0.15) is 0 Å². The molecule has 1 aromatic rings. The van der Waals surface area contributed by atoms with Crippen LogP contribution in [0.3, 0.4) is 0 Å². The molecule has 0 aliphatic heterocycles. The van der Waals surface area contributed by atoms with Crippen LogP contribution in [0.2, 0.25) is 0 Å². The number of rotatable bonds is 8. The van der Waals surface area contributed by atoms with Crippen LogP contribution in [0.4, 0.5) is 0 Å². The van der Waals surface area contributed by atoms with Crippen LogP contribution in [-0.2, 0) is 13.0 Å². The van der Waals surface area contributed by atoms with E-state index in [2.05, 4.69) is 72.0 Å². The Balaban J connectivity index is 0.00000277. The van der Waals surface area contributed by atoms with Crippen LogP contribution in [0.25, 0.3) is 0 Å². The molecule has 140 valence electrons. The second-order valence-corrected chi connectivity index (χ2v) is 8.03. The molecule has 25 heavy (non-hydrogen) atoms. The van der Waals surface area contributed by atoms with Gasteiger partial charge in [-0.05, 0) is 48.3 Å². The molecule has 0 radical (unpaired) electrons. The Labute approximate surface area is 157 Å². The van der Waals surface area contributed by atoms with Crippen LogP contribution >= 0.6 is 0 Å². The highest BCUT2D eigenvalue weighted by molar-refractivity contribution is 5.65. The first kappa shape index (κ1) is 23.4. The Morgan fingerprint density at radius 3 is 1.92 bits per heavy atom. The molecule has 0 amide bonds. The monoisotopic (exact) mass is 342 g/mol. The molecule has 0 bridgehead atoms. The lowest BCUT2D eigenvalue weighted by molar-refractivity contribution is -0.468. The van der Waals surface area contributed by atoms with E-state index in [4.69, 9.17) is 0 Å². The van der Waals surface area contributed by atoms with E-state index in [0.717, 1.165) is 12.5 Å². The van der Waals surface area contributed by atoms with Crippen LogP contribution in [0.5, 0.6) is 0 Å². The predicted octanol–water partition coefficient (Wildman–Crippen LogP) is 6.88. The number of hydrogen-bond donors (Lipinski definition) is 0. The third-order valence-electron chi connectivity index (χ3n) is 4.23. The van der Waals surface area contributed by atoms with Gasteiger partial charge in [-0.1, -0.05) is 79.3 Å². The molecule has 0 fully saturated rings. The van der Waals surface area contributed by atoms with Crippen molar-refractivity contribution in [3.05, 3.63) is 60.8 Å². The van der Waals surface area contributed by atoms with Crippen LogP contribution in [-0.4, -0.2) is 10.8 Å². The van der Waals surface area contributed by atoms with E-state index in [1.54, 1.807) is 6.08 Å². The molecule has 1 unspecified atom stereocenters. The molecule has 0 aliphatic carbocycles. The van der Waals surface area contributed by atoms with Crippen molar-refractivity contribution in [1.82, 2.24) is 0 Å². The van der Waals surface area contributed by atoms with Gasteiger partial charge >= 0.3 is 0 Å². The second-order valence-electron chi connectivity index (χ2n) is 8.03. The molecule has 1 aromatic carbocycles. The zero-order valence-corrected chi connectivity index (χ0v) is 17.7. The van der Waals surface area contributed by atoms with Gasteiger partial charge in [-0.2, -0.15) is 0 Å². The number of allylic oxidation sites excluding steroid dienone is 1. The molecule has 0 aliphatic rings. The van der Waals surface area contributed by atoms with E-state index in [1.165, 1.54) is 24.0 Å². The van der Waals surface area contributed by atoms with Gasteiger partial charge in [-0.15, -0.1) is 0 Å². The van der Waals surface area contributed by atoms with Crippen molar-refractivity contribution in [1.29, 1.82) is 0 Å². The van der Waals surface area contributed by atoms with Crippen molar-refractivity contribution in [2.75, 3.05) is 0 Å². The average molecular weight is 343 g/mol. The van der Waals surface area contributed by atoms with E-state index < -0.39 is 0 Å². The molecule has 0 saturated carbocycles. The summed E-state index contributed by atoms with van der Waals surface area (Å²) in [7, 11) is 0. The minimum atomic E-state index is 0.389. The fourth-order valence-corrected chi connectivity index (χ4v) is 2.94. The van der Waals surface area contributed by atoms with E-state index in [1.807, 2.05) is 30.8 Å². The molecule has 0 spiro atoms. The van der Waals surface area contributed by atoms with Crippen molar-refractivity contribution in [3.63, 3.8) is 0 Å². The quantitative estimate of drug-likeness (QED) is 0.358. The second kappa shape index (κ2) is 11.8. The molecular weight excluding hydrogens is 302 g/mol. The lowest BCUT2D eigenvalue weighted by atomic mass is 9.77. The van der Waals surface area contributed by atoms with E-state index in [9.17, 15) is 0 Å². The SMILES string of the molecule is C=CC=[N+](C=C)Cc1ccc(CC(CC(C)(C)C)C(C)C)cc1.CC. The van der Waals surface area contributed by atoms with Crippen molar-refractivity contribution < 1.29 is 4.58 Å². The molecule has 0 N–H and O–H groups in total. The Hall–Kier alpha value is -1.63. The molecule has 1 atom stereocenters. The Kier molecular flexibility index (Phi) is 11.1. The maximum absolute atomic E-state index is 3.83. The normalized spacial score (nSPS) is 13.0. The van der Waals surface area contributed by atoms with Crippen molar-refractivity contribution >= 4 is 6.21 Å². The van der Waals surface area contributed by atoms with Gasteiger partial charge < -0.3 is 0 Å². The van der Waals surface area contributed by atoms with Gasteiger partial charge in [0, 0.05) is 5.56 Å². The van der Waals surface area contributed by atoms with Gasteiger partial charge in [0.2, 0.25) is 0 Å².